The third-order valence-corrected chi connectivity index (χ3v) is 2.32. The van der Waals surface area contributed by atoms with Crippen LogP contribution in [0.3, 0.4) is 0 Å². The van der Waals surface area contributed by atoms with E-state index in [0.29, 0.717) is 6.54 Å². The number of furan rings is 1. The lowest BCUT2D eigenvalue weighted by atomic mass is 10.3. The van der Waals surface area contributed by atoms with Gasteiger partial charge in [0.1, 0.15) is 6.54 Å². The van der Waals surface area contributed by atoms with Crippen LogP contribution in [0.5, 0.6) is 0 Å². The summed E-state index contributed by atoms with van der Waals surface area (Å²) in [4.78, 5) is 24.5. The van der Waals surface area contributed by atoms with Gasteiger partial charge in [-0.15, -0.1) is 0 Å². The van der Waals surface area contributed by atoms with Crippen molar-refractivity contribution in [1.82, 2.24) is 4.90 Å². The van der Waals surface area contributed by atoms with Gasteiger partial charge in [-0.05, 0) is 30.2 Å². The number of methoxy groups -OCH3 is 1. The molecule has 1 aromatic heterocycles. The van der Waals surface area contributed by atoms with E-state index in [-0.39, 0.29) is 23.4 Å². The molecule has 17 heavy (non-hydrogen) atoms. The lowest BCUT2D eigenvalue weighted by Gasteiger charge is -2.19. The smallest absolute Gasteiger partial charge is 0.325 e. The average molecular weight is 260 g/mol. The van der Waals surface area contributed by atoms with Gasteiger partial charge in [0, 0.05) is 6.54 Å². The molecule has 0 N–H and O–H groups in total. The molecular weight excluding hydrogens is 246 g/mol. The normalized spacial score (nSPS) is 10.1. The number of hydrogen-bond donors (Lipinski definition) is 0. The van der Waals surface area contributed by atoms with Crippen LogP contribution in [-0.2, 0) is 9.53 Å². The summed E-state index contributed by atoms with van der Waals surface area (Å²) >= 11 is 5.59. The second kappa shape index (κ2) is 6.30. The maximum Gasteiger partial charge on any atom is 0.325 e. The lowest BCUT2D eigenvalue weighted by molar-refractivity contribution is -0.141. The zero-order valence-electron chi connectivity index (χ0n) is 9.73. The fourth-order valence-corrected chi connectivity index (χ4v) is 1.47. The molecule has 0 radical (unpaired) electrons. The zero-order valence-corrected chi connectivity index (χ0v) is 10.5. The highest BCUT2D eigenvalue weighted by Crippen LogP contribution is 2.15. The first-order chi connectivity index (χ1) is 8.08. The minimum atomic E-state index is -0.468. The Morgan fingerprint density at radius 1 is 1.47 bits per heavy atom. The quantitative estimate of drug-likeness (QED) is 0.759. The van der Waals surface area contributed by atoms with Crippen LogP contribution < -0.4 is 0 Å². The van der Waals surface area contributed by atoms with Gasteiger partial charge >= 0.3 is 5.97 Å². The molecule has 0 aromatic carbocycles. The van der Waals surface area contributed by atoms with Crippen LogP contribution in [-0.4, -0.2) is 37.0 Å². The number of esters is 1. The van der Waals surface area contributed by atoms with Crippen molar-refractivity contribution in [3.63, 3.8) is 0 Å². The van der Waals surface area contributed by atoms with Crippen molar-refractivity contribution in [2.75, 3.05) is 20.2 Å². The average Bonchev–Trinajstić information content (AvgIpc) is 2.74. The van der Waals surface area contributed by atoms with E-state index in [2.05, 4.69) is 4.74 Å². The first-order valence-electron chi connectivity index (χ1n) is 5.20. The molecule has 0 atom stereocenters. The van der Waals surface area contributed by atoms with E-state index < -0.39 is 5.97 Å². The molecule has 0 aliphatic heterocycles. The first-order valence-corrected chi connectivity index (χ1v) is 5.57. The van der Waals surface area contributed by atoms with Crippen LogP contribution in [0.25, 0.3) is 0 Å². The van der Waals surface area contributed by atoms with E-state index in [1.807, 2.05) is 6.92 Å². The number of ether oxygens (including phenoxy) is 1. The Bertz CT molecular complexity index is 402. The van der Waals surface area contributed by atoms with Gasteiger partial charge in [0.05, 0.1) is 7.11 Å². The monoisotopic (exact) mass is 259 g/mol. The lowest BCUT2D eigenvalue weighted by Crippen LogP contribution is -2.36. The Hall–Kier alpha value is -1.49. The Labute approximate surface area is 104 Å². The van der Waals surface area contributed by atoms with E-state index >= 15 is 0 Å². The van der Waals surface area contributed by atoms with Crippen molar-refractivity contribution >= 4 is 23.5 Å². The van der Waals surface area contributed by atoms with E-state index in [4.69, 9.17) is 16.0 Å². The molecule has 1 amide bonds. The summed E-state index contributed by atoms with van der Waals surface area (Å²) in [5.41, 5.74) is 0. The number of amides is 1. The number of carbonyl (C=O) groups is 2. The topological polar surface area (TPSA) is 59.8 Å². The van der Waals surface area contributed by atoms with Gasteiger partial charge < -0.3 is 14.1 Å². The van der Waals surface area contributed by atoms with Gasteiger partial charge in [0.25, 0.3) is 5.91 Å². The predicted octanol–water partition coefficient (Wildman–Crippen LogP) is 1.96. The molecule has 0 aliphatic carbocycles. The number of hydrogen-bond acceptors (Lipinski definition) is 4. The summed E-state index contributed by atoms with van der Waals surface area (Å²) < 4.78 is 9.54. The highest BCUT2D eigenvalue weighted by molar-refractivity contribution is 6.29. The molecule has 0 unspecified atom stereocenters. The van der Waals surface area contributed by atoms with E-state index in [1.165, 1.54) is 24.1 Å². The number of nitrogens with zero attached hydrogens (tertiary/aromatic N) is 1. The van der Waals surface area contributed by atoms with Crippen molar-refractivity contribution in [3.05, 3.63) is 23.1 Å². The molecule has 0 bridgehead atoms. The molecular formula is C11H14ClNO4. The standard InChI is InChI=1S/C11H14ClNO4/c1-3-6-13(7-10(14)16-2)11(15)8-4-5-9(12)17-8/h4-5H,3,6-7H2,1-2H3. The van der Waals surface area contributed by atoms with Gasteiger partial charge in [-0.25, -0.2) is 0 Å². The van der Waals surface area contributed by atoms with Crippen LogP contribution in [0.15, 0.2) is 16.5 Å². The molecule has 5 nitrogen and oxygen atoms in total. The van der Waals surface area contributed by atoms with Crippen LogP contribution in [0.2, 0.25) is 5.22 Å². The third-order valence-electron chi connectivity index (χ3n) is 2.11. The van der Waals surface area contributed by atoms with Gasteiger partial charge in [0.15, 0.2) is 11.0 Å². The molecule has 6 heteroatoms. The molecule has 0 saturated heterocycles. The van der Waals surface area contributed by atoms with Crippen molar-refractivity contribution in [1.29, 1.82) is 0 Å². The SMILES string of the molecule is CCCN(CC(=O)OC)C(=O)c1ccc(Cl)o1. The summed E-state index contributed by atoms with van der Waals surface area (Å²) in [5.74, 6) is -0.721. The highest BCUT2D eigenvalue weighted by Gasteiger charge is 2.21. The molecule has 0 spiro atoms. The molecule has 1 rings (SSSR count). The van der Waals surface area contributed by atoms with Crippen LogP contribution >= 0.6 is 11.6 Å². The van der Waals surface area contributed by atoms with E-state index in [0.717, 1.165) is 6.42 Å². The summed E-state index contributed by atoms with van der Waals surface area (Å²) in [6.45, 7) is 2.26. The zero-order chi connectivity index (χ0) is 12.8. The van der Waals surface area contributed by atoms with Crippen LogP contribution in [0, 0.1) is 0 Å². The minimum absolute atomic E-state index is 0.0957. The highest BCUT2D eigenvalue weighted by atomic mass is 35.5. The summed E-state index contributed by atoms with van der Waals surface area (Å²) in [7, 11) is 1.28. The van der Waals surface area contributed by atoms with Gasteiger partial charge in [-0.3, -0.25) is 9.59 Å². The van der Waals surface area contributed by atoms with Crippen LogP contribution in [0.4, 0.5) is 0 Å². The number of rotatable bonds is 5. The van der Waals surface area contributed by atoms with Crippen molar-refractivity contribution in [3.8, 4) is 0 Å². The Kier molecular flexibility index (Phi) is 5.03. The van der Waals surface area contributed by atoms with Crippen LogP contribution in [0.1, 0.15) is 23.9 Å². The Balaban J connectivity index is 2.76. The second-order valence-electron chi connectivity index (χ2n) is 3.41. The molecule has 1 heterocycles. The molecule has 0 saturated carbocycles. The number of carbonyl (C=O) groups excluding carboxylic acids is 2. The Morgan fingerprint density at radius 3 is 2.65 bits per heavy atom. The molecule has 94 valence electrons. The maximum atomic E-state index is 12.0. The molecule has 1 aromatic rings. The predicted molar refractivity (Wildman–Crippen MR) is 61.9 cm³/mol. The molecule has 0 fully saturated rings. The third kappa shape index (κ3) is 3.78. The summed E-state index contributed by atoms with van der Waals surface area (Å²) in [6, 6.07) is 2.96. The first kappa shape index (κ1) is 13.6. The van der Waals surface area contributed by atoms with Gasteiger partial charge in [-0.1, -0.05) is 6.92 Å². The fraction of sp³-hybridized carbons (Fsp3) is 0.455. The Morgan fingerprint density at radius 2 is 2.18 bits per heavy atom. The van der Waals surface area contributed by atoms with Crippen molar-refractivity contribution < 1.29 is 18.7 Å². The second-order valence-corrected chi connectivity index (χ2v) is 3.78. The summed E-state index contributed by atoms with van der Waals surface area (Å²) in [5, 5.41) is 0.142. The van der Waals surface area contributed by atoms with E-state index in [9.17, 15) is 9.59 Å². The summed E-state index contributed by atoms with van der Waals surface area (Å²) in [6.07, 6.45) is 0.733. The molecule has 0 aliphatic rings. The maximum absolute atomic E-state index is 12.0. The largest absolute Gasteiger partial charge is 0.468 e. The van der Waals surface area contributed by atoms with E-state index in [1.54, 1.807) is 0 Å². The van der Waals surface area contributed by atoms with Gasteiger partial charge in [-0.2, -0.15) is 0 Å². The number of halogens is 1. The fourth-order valence-electron chi connectivity index (χ4n) is 1.33. The van der Waals surface area contributed by atoms with Crippen molar-refractivity contribution in [2.24, 2.45) is 0 Å². The minimum Gasteiger partial charge on any atom is -0.468 e. The van der Waals surface area contributed by atoms with Crippen molar-refractivity contribution in [2.45, 2.75) is 13.3 Å². The van der Waals surface area contributed by atoms with Gasteiger partial charge in [0.2, 0.25) is 0 Å².